The van der Waals surface area contributed by atoms with Gasteiger partial charge in [-0.2, -0.15) is 0 Å². The van der Waals surface area contributed by atoms with Crippen LogP contribution in [-0.2, 0) is 9.59 Å². The molecular formula is C14H18BrNO3. The van der Waals surface area contributed by atoms with Gasteiger partial charge in [-0.05, 0) is 30.5 Å². The third kappa shape index (κ3) is 4.35. The first-order valence-corrected chi connectivity index (χ1v) is 7.07. The van der Waals surface area contributed by atoms with E-state index >= 15 is 0 Å². The number of nitrogens with one attached hydrogen (secondary N) is 1. The van der Waals surface area contributed by atoms with E-state index in [1.165, 1.54) is 0 Å². The highest BCUT2D eigenvalue weighted by Crippen LogP contribution is 2.18. The van der Waals surface area contributed by atoms with E-state index in [1.807, 2.05) is 13.8 Å². The van der Waals surface area contributed by atoms with Gasteiger partial charge in [0.1, 0.15) is 0 Å². The number of carboxylic acids is 1. The number of carboxylic acid groups (broad SMARTS) is 1. The Kier molecular flexibility index (Phi) is 6.02. The number of halogens is 1. The van der Waals surface area contributed by atoms with Gasteiger partial charge in [0.05, 0.1) is 0 Å². The van der Waals surface area contributed by atoms with Crippen LogP contribution < -0.4 is 5.32 Å². The molecule has 0 spiro atoms. The quantitative estimate of drug-likeness (QED) is 0.843. The summed E-state index contributed by atoms with van der Waals surface area (Å²) in [6, 6.07) is 5.90. The molecule has 19 heavy (non-hydrogen) atoms. The van der Waals surface area contributed by atoms with Crippen molar-refractivity contribution in [1.82, 2.24) is 5.32 Å². The number of amides is 1. The average Bonchev–Trinajstić information content (AvgIpc) is 2.38. The van der Waals surface area contributed by atoms with E-state index in [4.69, 9.17) is 0 Å². The van der Waals surface area contributed by atoms with Gasteiger partial charge in [0.15, 0.2) is 6.04 Å². The van der Waals surface area contributed by atoms with Gasteiger partial charge in [-0.3, -0.25) is 4.79 Å². The van der Waals surface area contributed by atoms with Crippen LogP contribution in [0.1, 0.15) is 38.3 Å². The molecule has 4 nitrogen and oxygen atoms in total. The Morgan fingerprint density at radius 2 is 1.74 bits per heavy atom. The van der Waals surface area contributed by atoms with Crippen molar-refractivity contribution < 1.29 is 14.7 Å². The fourth-order valence-electron chi connectivity index (χ4n) is 1.86. The molecule has 0 aliphatic rings. The van der Waals surface area contributed by atoms with Gasteiger partial charge in [0, 0.05) is 10.4 Å². The fourth-order valence-corrected chi connectivity index (χ4v) is 2.13. The van der Waals surface area contributed by atoms with E-state index in [9.17, 15) is 14.7 Å². The average molecular weight is 328 g/mol. The number of rotatable bonds is 6. The van der Waals surface area contributed by atoms with Crippen LogP contribution in [0, 0.1) is 5.92 Å². The van der Waals surface area contributed by atoms with Gasteiger partial charge in [0.2, 0.25) is 5.91 Å². The lowest BCUT2D eigenvalue weighted by molar-refractivity contribution is -0.142. The minimum Gasteiger partial charge on any atom is -0.479 e. The van der Waals surface area contributed by atoms with Gasteiger partial charge in [-0.1, -0.05) is 41.9 Å². The van der Waals surface area contributed by atoms with E-state index in [1.54, 1.807) is 24.3 Å². The molecule has 0 bridgehead atoms. The van der Waals surface area contributed by atoms with Crippen LogP contribution in [-0.4, -0.2) is 17.0 Å². The Labute approximate surface area is 121 Å². The highest BCUT2D eigenvalue weighted by Gasteiger charge is 2.24. The van der Waals surface area contributed by atoms with Crippen molar-refractivity contribution in [2.24, 2.45) is 5.92 Å². The third-order valence-corrected chi connectivity index (χ3v) is 3.62. The monoisotopic (exact) mass is 327 g/mol. The number of hydrogen-bond acceptors (Lipinski definition) is 2. The lowest BCUT2D eigenvalue weighted by Crippen LogP contribution is -2.37. The van der Waals surface area contributed by atoms with Crippen LogP contribution in [0.4, 0.5) is 0 Å². The summed E-state index contributed by atoms with van der Waals surface area (Å²) in [6.45, 7) is 3.84. The third-order valence-electron chi connectivity index (χ3n) is 3.09. The zero-order chi connectivity index (χ0) is 14.4. The SMILES string of the molecule is CCC(CC)C(=O)NC(C(=O)O)c1ccc(Br)cc1. The van der Waals surface area contributed by atoms with Crippen LogP contribution in [0.5, 0.6) is 0 Å². The summed E-state index contributed by atoms with van der Waals surface area (Å²) in [4.78, 5) is 23.3. The van der Waals surface area contributed by atoms with Crippen LogP contribution in [0.2, 0.25) is 0 Å². The lowest BCUT2D eigenvalue weighted by atomic mass is 10.0. The zero-order valence-electron chi connectivity index (χ0n) is 11.0. The van der Waals surface area contributed by atoms with Crippen LogP contribution in [0.3, 0.4) is 0 Å². The van der Waals surface area contributed by atoms with Gasteiger partial charge in [-0.25, -0.2) is 4.79 Å². The number of hydrogen-bond donors (Lipinski definition) is 2. The molecule has 1 unspecified atom stereocenters. The maximum Gasteiger partial charge on any atom is 0.330 e. The second kappa shape index (κ2) is 7.28. The Bertz CT molecular complexity index is 441. The highest BCUT2D eigenvalue weighted by molar-refractivity contribution is 9.10. The summed E-state index contributed by atoms with van der Waals surface area (Å²) in [6.07, 6.45) is 1.41. The molecule has 0 saturated carbocycles. The summed E-state index contributed by atoms with van der Waals surface area (Å²) in [7, 11) is 0. The molecule has 0 fully saturated rings. The molecular weight excluding hydrogens is 310 g/mol. The second-order valence-corrected chi connectivity index (χ2v) is 5.26. The molecule has 0 saturated heterocycles. The van der Waals surface area contributed by atoms with E-state index in [0.29, 0.717) is 18.4 Å². The molecule has 5 heteroatoms. The molecule has 0 aromatic heterocycles. The first-order valence-electron chi connectivity index (χ1n) is 6.28. The smallest absolute Gasteiger partial charge is 0.330 e. The van der Waals surface area contributed by atoms with Crippen LogP contribution in [0.25, 0.3) is 0 Å². The number of aliphatic carboxylic acids is 1. The summed E-state index contributed by atoms with van der Waals surface area (Å²) in [5, 5.41) is 11.8. The first-order chi connectivity index (χ1) is 8.99. The maximum atomic E-state index is 12.0. The summed E-state index contributed by atoms with van der Waals surface area (Å²) in [5.74, 6) is -1.40. The van der Waals surface area contributed by atoms with Gasteiger partial charge >= 0.3 is 5.97 Å². The van der Waals surface area contributed by atoms with Crippen LogP contribution in [0.15, 0.2) is 28.7 Å². The number of carbonyl (C=O) groups is 2. The van der Waals surface area contributed by atoms with Gasteiger partial charge in [-0.15, -0.1) is 0 Å². The Morgan fingerprint density at radius 1 is 1.21 bits per heavy atom. The first kappa shape index (κ1) is 15.7. The Morgan fingerprint density at radius 3 is 2.16 bits per heavy atom. The predicted molar refractivity (Wildman–Crippen MR) is 76.7 cm³/mol. The minimum absolute atomic E-state index is 0.141. The summed E-state index contributed by atoms with van der Waals surface area (Å²) >= 11 is 3.29. The fraction of sp³-hybridized carbons (Fsp3) is 0.429. The van der Waals surface area contributed by atoms with Gasteiger partial charge < -0.3 is 10.4 Å². The van der Waals surface area contributed by atoms with Crippen molar-refractivity contribution in [3.8, 4) is 0 Å². The second-order valence-electron chi connectivity index (χ2n) is 4.34. The van der Waals surface area contributed by atoms with E-state index in [0.717, 1.165) is 4.47 Å². The highest BCUT2D eigenvalue weighted by atomic mass is 79.9. The molecule has 0 heterocycles. The zero-order valence-corrected chi connectivity index (χ0v) is 12.6. The number of carbonyl (C=O) groups excluding carboxylic acids is 1. The normalized spacial score (nSPS) is 12.2. The molecule has 1 amide bonds. The maximum absolute atomic E-state index is 12.0. The Hall–Kier alpha value is -1.36. The lowest BCUT2D eigenvalue weighted by Gasteiger charge is -2.18. The van der Waals surface area contributed by atoms with Crippen molar-refractivity contribution in [3.05, 3.63) is 34.3 Å². The molecule has 2 N–H and O–H groups in total. The number of benzene rings is 1. The molecule has 1 aromatic rings. The topological polar surface area (TPSA) is 66.4 Å². The van der Waals surface area contributed by atoms with Crippen molar-refractivity contribution >= 4 is 27.8 Å². The van der Waals surface area contributed by atoms with Crippen molar-refractivity contribution in [2.75, 3.05) is 0 Å². The molecule has 0 aliphatic carbocycles. The van der Waals surface area contributed by atoms with Crippen molar-refractivity contribution in [2.45, 2.75) is 32.7 Å². The summed E-state index contributed by atoms with van der Waals surface area (Å²) < 4.78 is 0.867. The molecule has 1 rings (SSSR count). The molecule has 0 aliphatic heterocycles. The van der Waals surface area contributed by atoms with E-state index in [-0.39, 0.29) is 11.8 Å². The van der Waals surface area contributed by atoms with Crippen molar-refractivity contribution in [3.63, 3.8) is 0 Å². The molecule has 104 valence electrons. The molecule has 0 radical (unpaired) electrons. The standard InChI is InChI=1S/C14H18BrNO3/c1-3-9(4-2)13(17)16-12(14(18)19)10-5-7-11(15)8-6-10/h5-9,12H,3-4H2,1-2H3,(H,16,17)(H,18,19). The van der Waals surface area contributed by atoms with E-state index < -0.39 is 12.0 Å². The Balaban J connectivity index is 2.87. The van der Waals surface area contributed by atoms with Crippen molar-refractivity contribution in [1.29, 1.82) is 0 Å². The minimum atomic E-state index is -1.05. The molecule has 1 aromatic carbocycles. The van der Waals surface area contributed by atoms with Gasteiger partial charge in [0.25, 0.3) is 0 Å². The van der Waals surface area contributed by atoms with Crippen LogP contribution >= 0.6 is 15.9 Å². The molecule has 1 atom stereocenters. The summed E-state index contributed by atoms with van der Waals surface area (Å²) in [5.41, 5.74) is 0.565. The predicted octanol–water partition coefficient (Wildman–Crippen LogP) is 3.13. The van der Waals surface area contributed by atoms with E-state index in [2.05, 4.69) is 21.2 Å². The largest absolute Gasteiger partial charge is 0.479 e.